The second-order valence-electron chi connectivity index (χ2n) is 17.4. The Morgan fingerprint density at radius 3 is 1.18 bits per heavy atom. The number of fused-ring (bicyclic) bond motifs is 2. The van der Waals surface area contributed by atoms with Crippen LogP contribution in [0.2, 0.25) is 10.0 Å². The number of nitrogens with zero attached hydrogens (tertiary/aromatic N) is 10. The van der Waals surface area contributed by atoms with Crippen LogP contribution in [0, 0.1) is 13.8 Å². The molecule has 2 saturated heterocycles. The topological polar surface area (TPSA) is 206 Å². The van der Waals surface area contributed by atoms with Crippen LogP contribution in [0.3, 0.4) is 0 Å². The zero-order valence-corrected chi connectivity index (χ0v) is 41.0. The number of hydrogen-bond donors (Lipinski definition) is 4. The van der Waals surface area contributed by atoms with Gasteiger partial charge in [-0.2, -0.15) is 0 Å². The SMILES string of the molecule is Cc1ncc2n1C(=O)N(N1CCN(C(=O)[C@@H](NC(=O)Nc3ccc(Cl)cc3)c3ccccc3)CC1)C2.Cc1ncc2n1C(=O)N(N1CCN(C(=O)[C@H](NC(=O)Nc3ccc(Cl)cc3)c3ccccc3)CC1)C2. The molecule has 372 valence electrons. The number of carbonyl (C=O) groups excluding carboxylic acids is 6. The summed E-state index contributed by atoms with van der Waals surface area (Å²) in [6.45, 7) is 8.29. The standard InChI is InChI=1S/2C25H26ClN7O3/c2*1-17-27-15-21-16-32(25(36)33(17)21)31-13-11-30(12-14-31)23(34)22(18-5-3-2-4-6-18)29-24(35)28-20-9-7-19(26)8-10-20/h2*2-10,15,22H,11-14,16H2,1H3,(H2,28,29,35)/t2*22-/m10/s1. The minimum absolute atomic E-state index is 0.123. The molecule has 4 aliphatic heterocycles. The number of amides is 8. The van der Waals surface area contributed by atoms with Gasteiger partial charge in [0, 0.05) is 73.8 Å². The van der Waals surface area contributed by atoms with Crippen LogP contribution in [0.1, 0.15) is 46.2 Å². The number of nitrogens with one attached hydrogen (secondary N) is 4. The van der Waals surface area contributed by atoms with Crippen molar-refractivity contribution >= 4 is 70.5 Å². The van der Waals surface area contributed by atoms with Gasteiger partial charge in [0.05, 0.1) is 36.9 Å². The highest BCUT2D eigenvalue weighted by molar-refractivity contribution is 6.31. The van der Waals surface area contributed by atoms with Crippen LogP contribution in [-0.2, 0) is 22.7 Å². The van der Waals surface area contributed by atoms with E-state index in [2.05, 4.69) is 31.2 Å². The third-order valence-electron chi connectivity index (χ3n) is 12.8. The lowest BCUT2D eigenvalue weighted by Gasteiger charge is -2.40. The van der Waals surface area contributed by atoms with Gasteiger partial charge in [-0.1, -0.05) is 83.9 Å². The second kappa shape index (κ2) is 21.7. The van der Waals surface area contributed by atoms with Crippen molar-refractivity contribution in [2.24, 2.45) is 0 Å². The summed E-state index contributed by atoms with van der Waals surface area (Å²) < 4.78 is 3.23. The fourth-order valence-corrected chi connectivity index (χ4v) is 9.30. The van der Waals surface area contributed by atoms with E-state index >= 15 is 0 Å². The minimum atomic E-state index is -0.854. The molecule has 0 saturated carbocycles. The quantitative estimate of drug-likeness (QED) is 0.117. The highest BCUT2D eigenvalue weighted by Crippen LogP contribution is 2.26. The molecular formula is C50H52Cl2N14O6. The van der Waals surface area contributed by atoms with E-state index in [9.17, 15) is 28.8 Å². The van der Waals surface area contributed by atoms with Crippen molar-refractivity contribution in [2.75, 3.05) is 63.0 Å². The zero-order chi connectivity index (χ0) is 50.5. The molecule has 0 spiro atoms. The van der Waals surface area contributed by atoms with E-state index in [1.807, 2.05) is 70.7 Å². The molecule has 8 amide bonds. The molecule has 0 radical (unpaired) electrons. The van der Waals surface area contributed by atoms with Gasteiger partial charge in [0.2, 0.25) is 11.8 Å². The molecule has 6 heterocycles. The van der Waals surface area contributed by atoms with Gasteiger partial charge in [-0.15, -0.1) is 0 Å². The van der Waals surface area contributed by atoms with Gasteiger partial charge in [-0.3, -0.25) is 19.6 Å². The molecule has 2 aromatic heterocycles. The summed E-state index contributed by atoms with van der Waals surface area (Å²) in [5.41, 5.74) is 4.22. The first-order valence-corrected chi connectivity index (χ1v) is 24.1. The van der Waals surface area contributed by atoms with Gasteiger partial charge in [0.25, 0.3) is 0 Å². The number of aromatic nitrogens is 4. The Hall–Kier alpha value is -7.78. The molecule has 22 heteroatoms. The monoisotopic (exact) mass is 1010 g/mol. The fraction of sp³-hybridized carbons (Fsp3) is 0.280. The largest absolute Gasteiger partial charge is 0.344 e. The maximum absolute atomic E-state index is 13.6. The third kappa shape index (κ3) is 10.9. The number of piperazine rings is 2. The van der Waals surface area contributed by atoms with Gasteiger partial charge in [-0.25, -0.2) is 48.3 Å². The fourth-order valence-electron chi connectivity index (χ4n) is 9.05. The van der Waals surface area contributed by atoms with Gasteiger partial charge >= 0.3 is 24.1 Å². The predicted molar refractivity (Wildman–Crippen MR) is 268 cm³/mol. The molecule has 4 aromatic carbocycles. The summed E-state index contributed by atoms with van der Waals surface area (Å²) in [7, 11) is 0. The molecule has 0 aliphatic carbocycles. The second-order valence-corrected chi connectivity index (χ2v) is 18.3. The Morgan fingerprint density at radius 2 is 0.847 bits per heavy atom. The van der Waals surface area contributed by atoms with Crippen molar-refractivity contribution in [3.63, 3.8) is 0 Å². The lowest BCUT2D eigenvalue weighted by atomic mass is 10.1. The van der Waals surface area contributed by atoms with E-state index in [0.29, 0.717) is 110 Å². The average molecular weight is 1020 g/mol. The van der Waals surface area contributed by atoms with Crippen molar-refractivity contribution < 1.29 is 28.8 Å². The van der Waals surface area contributed by atoms with Crippen LogP contribution in [0.4, 0.5) is 30.6 Å². The van der Waals surface area contributed by atoms with E-state index in [-0.39, 0.29) is 23.9 Å². The number of aryl methyl sites for hydroxylation is 2. The molecule has 6 aromatic rings. The summed E-state index contributed by atoms with van der Waals surface area (Å²) in [5, 5.41) is 19.6. The molecule has 72 heavy (non-hydrogen) atoms. The van der Waals surface area contributed by atoms with Crippen LogP contribution in [-0.4, -0.2) is 137 Å². The van der Waals surface area contributed by atoms with Crippen LogP contribution in [0.25, 0.3) is 0 Å². The van der Waals surface area contributed by atoms with Gasteiger partial charge in [-0.05, 0) is 73.5 Å². The smallest absolute Gasteiger partial charge is 0.338 e. The van der Waals surface area contributed by atoms with E-state index in [1.54, 1.807) is 104 Å². The van der Waals surface area contributed by atoms with Gasteiger partial charge in [0.1, 0.15) is 23.7 Å². The van der Waals surface area contributed by atoms with E-state index in [0.717, 1.165) is 11.4 Å². The van der Waals surface area contributed by atoms with Crippen LogP contribution >= 0.6 is 23.2 Å². The highest BCUT2D eigenvalue weighted by atomic mass is 35.5. The molecule has 2 fully saturated rings. The number of rotatable bonds is 10. The van der Waals surface area contributed by atoms with E-state index in [1.165, 1.54) is 0 Å². The van der Waals surface area contributed by atoms with Crippen molar-refractivity contribution in [3.8, 4) is 0 Å². The van der Waals surface area contributed by atoms with Crippen molar-refractivity contribution in [2.45, 2.75) is 39.0 Å². The number of carbonyl (C=O) groups is 6. The Bertz CT molecular complexity index is 2740. The van der Waals surface area contributed by atoms with Crippen molar-refractivity contribution in [3.05, 3.63) is 166 Å². The normalized spacial score (nSPS) is 16.6. The van der Waals surface area contributed by atoms with E-state index < -0.39 is 24.1 Å². The number of hydrazine groups is 2. The number of halogens is 2. The zero-order valence-electron chi connectivity index (χ0n) is 39.5. The summed E-state index contributed by atoms with van der Waals surface area (Å²) in [6.07, 6.45) is 3.44. The van der Waals surface area contributed by atoms with Crippen molar-refractivity contribution in [1.29, 1.82) is 0 Å². The first kappa shape index (κ1) is 49.2. The van der Waals surface area contributed by atoms with E-state index in [4.69, 9.17) is 23.2 Å². The number of benzene rings is 4. The van der Waals surface area contributed by atoms with Crippen molar-refractivity contribution in [1.82, 2.24) is 59.6 Å². The lowest BCUT2D eigenvalue weighted by Crippen LogP contribution is -2.57. The van der Waals surface area contributed by atoms with Gasteiger partial charge < -0.3 is 31.1 Å². The minimum Gasteiger partial charge on any atom is -0.338 e. The first-order chi connectivity index (χ1) is 34.8. The first-order valence-electron chi connectivity index (χ1n) is 23.3. The summed E-state index contributed by atoms with van der Waals surface area (Å²) in [6, 6.07) is 28.8. The summed E-state index contributed by atoms with van der Waals surface area (Å²) in [4.78, 5) is 90.2. The molecule has 4 aliphatic rings. The van der Waals surface area contributed by atoms with Gasteiger partial charge in [0.15, 0.2) is 0 Å². The van der Waals surface area contributed by atoms with Crippen LogP contribution < -0.4 is 21.3 Å². The lowest BCUT2D eigenvalue weighted by molar-refractivity contribution is -0.138. The average Bonchev–Trinajstić information content (AvgIpc) is 4.16. The number of imidazole rings is 2. The van der Waals surface area contributed by atoms with Crippen LogP contribution in [0.5, 0.6) is 0 Å². The third-order valence-corrected chi connectivity index (χ3v) is 13.3. The summed E-state index contributed by atoms with van der Waals surface area (Å²) in [5.74, 6) is 0.928. The Labute approximate surface area is 425 Å². The number of hydrogen-bond acceptors (Lipinski definition) is 10. The predicted octanol–water partition coefficient (Wildman–Crippen LogP) is 6.50. The summed E-state index contributed by atoms with van der Waals surface area (Å²) >= 11 is 11.8. The Morgan fingerprint density at radius 1 is 0.500 bits per heavy atom. The Balaban J connectivity index is 0.000000178. The molecule has 0 unspecified atom stereocenters. The number of urea groups is 2. The maximum atomic E-state index is 13.6. The molecule has 2 atom stereocenters. The Kier molecular flexibility index (Phi) is 14.8. The number of anilines is 2. The molecule has 4 N–H and O–H groups in total. The molecule has 10 rings (SSSR count). The maximum Gasteiger partial charge on any atom is 0.344 e. The molecular weight excluding hydrogens is 964 g/mol. The molecule has 0 bridgehead atoms. The molecule has 20 nitrogen and oxygen atoms in total. The highest BCUT2D eigenvalue weighted by Gasteiger charge is 2.39. The van der Waals surface area contributed by atoms with Crippen LogP contribution in [0.15, 0.2) is 122 Å².